The molecular formula is C12H24N4O4. The molecule has 0 saturated carbocycles. The van der Waals surface area contributed by atoms with Gasteiger partial charge in [-0.3, -0.25) is 9.59 Å². The van der Waals surface area contributed by atoms with Crippen molar-refractivity contribution in [1.82, 2.24) is 20.4 Å². The zero-order valence-corrected chi connectivity index (χ0v) is 12.3. The van der Waals surface area contributed by atoms with Crippen molar-refractivity contribution in [3.63, 3.8) is 0 Å². The fourth-order valence-corrected chi connectivity index (χ4v) is 1.41. The van der Waals surface area contributed by atoms with E-state index in [2.05, 4.69) is 10.6 Å². The highest BCUT2D eigenvalue weighted by Gasteiger charge is 2.13. The summed E-state index contributed by atoms with van der Waals surface area (Å²) in [5, 5.41) is 13.1. The van der Waals surface area contributed by atoms with Gasteiger partial charge in [-0.1, -0.05) is 6.92 Å². The maximum absolute atomic E-state index is 11.9. The van der Waals surface area contributed by atoms with Gasteiger partial charge in [-0.2, -0.15) is 0 Å². The monoisotopic (exact) mass is 288 g/mol. The van der Waals surface area contributed by atoms with E-state index in [4.69, 9.17) is 5.11 Å². The largest absolute Gasteiger partial charge is 0.480 e. The summed E-state index contributed by atoms with van der Waals surface area (Å²) >= 11 is 0. The van der Waals surface area contributed by atoms with E-state index in [1.807, 2.05) is 25.9 Å². The average Bonchev–Trinajstić information content (AvgIpc) is 2.38. The Kier molecular flexibility index (Phi) is 9.10. The summed E-state index contributed by atoms with van der Waals surface area (Å²) in [7, 11) is 3.84. The van der Waals surface area contributed by atoms with Gasteiger partial charge in [0.05, 0.1) is 6.54 Å². The smallest absolute Gasteiger partial charge is 0.322 e. The van der Waals surface area contributed by atoms with Crippen molar-refractivity contribution in [2.45, 2.75) is 13.3 Å². The number of aliphatic carboxylic acids is 1. The van der Waals surface area contributed by atoms with Gasteiger partial charge in [-0.25, -0.2) is 4.79 Å². The molecule has 0 aliphatic heterocycles. The molecule has 0 aromatic carbocycles. The first-order chi connectivity index (χ1) is 9.36. The lowest BCUT2D eigenvalue weighted by Gasteiger charge is -2.24. The Hall–Kier alpha value is -1.83. The lowest BCUT2D eigenvalue weighted by Crippen LogP contribution is -2.47. The van der Waals surface area contributed by atoms with Gasteiger partial charge in [-0.05, 0) is 20.5 Å². The van der Waals surface area contributed by atoms with Gasteiger partial charge >= 0.3 is 12.0 Å². The molecule has 0 aliphatic rings. The molecule has 0 bridgehead atoms. The molecule has 0 saturated heterocycles. The fraction of sp³-hybridized carbons (Fsp3) is 0.750. The molecule has 0 unspecified atom stereocenters. The number of carbonyl (C=O) groups is 3. The molecule has 0 radical (unpaired) electrons. The lowest BCUT2D eigenvalue weighted by atomic mass is 10.4. The Balaban J connectivity index is 4.11. The molecule has 20 heavy (non-hydrogen) atoms. The number of hydrogen-bond acceptors (Lipinski definition) is 4. The summed E-state index contributed by atoms with van der Waals surface area (Å²) in [6, 6.07) is -0.320. The van der Waals surface area contributed by atoms with Gasteiger partial charge in [0.15, 0.2) is 0 Å². The SMILES string of the molecule is CCCN(CCN(C)C)C(=O)NCC(=O)NCC(=O)O. The lowest BCUT2D eigenvalue weighted by molar-refractivity contribution is -0.137. The van der Waals surface area contributed by atoms with E-state index >= 15 is 0 Å². The number of carbonyl (C=O) groups excluding carboxylic acids is 2. The van der Waals surface area contributed by atoms with Gasteiger partial charge in [0.2, 0.25) is 5.91 Å². The number of urea groups is 1. The molecule has 3 amide bonds. The number of amides is 3. The highest BCUT2D eigenvalue weighted by molar-refractivity contribution is 5.86. The second-order valence-electron chi connectivity index (χ2n) is 4.62. The minimum absolute atomic E-state index is 0.228. The van der Waals surface area contributed by atoms with Gasteiger partial charge in [0, 0.05) is 19.6 Å². The predicted molar refractivity (Wildman–Crippen MR) is 74.5 cm³/mol. The minimum atomic E-state index is -1.12. The van der Waals surface area contributed by atoms with Crippen LogP contribution in [0.4, 0.5) is 4.79 Å². The van der Waals surface area contributed by atoms with Crippen molar-refractivity contribution >= 4 is 17.9 Å². The molecule has 0 fully saturated rings. The first-order valence-corrected chi connectivity index (χ1v) is 6.52. The quantitative estimate of drug-likeness (QED) is 0.514. The van der Waals surface area contributed by atoms with Crippen LogP contribution in [0.5, 0.6) is 0 Å². The molecule has 0 spiro atoms. The molecule has 116 valence electrons. The Morgan fingerprint density at radius 3 is 2.15 bits per heavy atom. The highest BCUT2D eigenvalue weighted by atomic mass is 16.4. The van der Waals surface area contributed by atoms with Crippen molar-refractivity contribution in [3.8, 4) is 0 Å². The third-order valence-electron chi connectivity index (χ3n) is 2.43. The zero-order chi connectivity index (χ0) is 15.5. The number of nitrogens with one attached hydrogen (secondary N) is 2. The fourth-order valence-electron chi connectivity index (χ4n) is 1.41. The second kappa shape index (κ2) is 10.0. The number of rotatable bonds is 9. The second-order valence-corrected chi connectivity index (χ2v) is 4.62. The number of carboxylic acids is 1. The molecule has 0 aromatic heterocycles. The van der Waals surface area contributed by atoms with Crippen molar-refractivity contribution < 1.29 is 19.5 Å². The van der Waals surface area contributed by atoms with Gasteiger partial charge in [-0.15, -0.1) is 0 Å². The Morgan fingerprint density at radius 2 is 1.65 bits per heavy atom. The first kappa shape index (κ1) is 18.2. The zero-order valence-electron chi connectivity index (χ0n) is 12.3. The van der Waals surface area contributed by atoms with E-state index in [1.54, 1.807) is 4.90 Å². The van der Waals surface area contributed by atoms with Crippen LogP contribution >= 0.6 is 0 Å². The average molecular weight is 288 g/mol. The van der Waals surface area contributed by atoms with Gasteiger partial charge in [0.25, 0.3) is 0 Å². The molecule has 0 heterocycles. The molecular weight excluding hydrogens is 264 g/mol. The Bertz CT molecular complexity index is 333. The molecule has 3 N–H and O–H groups in total. The van der Waals surface area contributed by atoms with Crippen molar-refractivity contribution in [3.05, 3.63) is 0 Å². The summed E-state index contributed by atoms with van der Waals surface area (Å²) in [4.78, 5) is 37.0. The topological polar surface area (TPSA) is 102 Å². The van der Waals surface area contributed by atoms with Crippen LogP contribution in [0.3, 0.4) is 0 Å². The van der Waals surface area contributed by atoms with Crippen LogP contribution in [-0.2, 0) is 9.59 Å². The van der Waals surface area contributed by atoms with Gasteiger partial charge < -0.3 is 25.5 Å². The molecule has 0 aliphatic carbocycles. The van der Waals surface area contributed by atoms with Crippen LogP contribution in [0, 0.1) is 0 Å². The van der Waals surface area contributed by atoms with E-state index in [0.29, 0.717) is 13.1 Å². The highest BCUT2D eigenvalue weighted by Crippen LogP contribution is 1.93. The Morgan fingerprint density at radius 1 is 1.00 bits per heavy atom. The Labute approximate surface area is 119 Å². The summed E-state index contributed by atoms with van der Waals surface area (Å²) < 4.78 is 0. The van der Waals surface area contributed by atoms with E-state index in [1.165, 1.54) is 0 Å². The molecule has 8 nitrogen and oxygen atoms in total. The minimum Gasteiger partial charge on any atom is -0.480 e. The number of nitrogens with zero attached hydrogens (tertiary/aromatic N) is 2. The summed E-state index contributed by atoms with van der Waals surface area (Å²) in [5.74, 6) is -1.65. The standard InChI is InChI=1S/C12H24N4O4/c1-4-5-16(7-6-15(2)3)12(20)14-8-10(17)13-9-11(18)19/h4-9H2,1-3H3,(H,13,17)(H,14,20)(H,18,19). The molecule has 0 atom stereocenters. The molecule has 8 heteroatoms. The summed E-state index contributed by atoms with van der Waals surface area (Å²) in [6.45, 7) is 3.20. The van der Waals surface area contributed by atoms with Gasteiger partial charge in [0.1, 0.15) is 6.54 Å². The predicted octanol–water partition coefficient (Wildman–Crippen LogP) is -0.830. The van der Waals surface area contributed by atoms with Crippen LogP contribution in [-0.4, -0.2) is 79.6 Å². The van der Waals surface area contributed by atoms with Crippen LogP contribution in [0.2, 0.25) is 0 Å². The van der Waals surface area contributed by atoms with Crippen LogP contribution in [0.1, 0.15) is 13.3 Å². The van der Waals surface area contributed by atoms with E-state index < -0.39 is 18.4 Å². The number of hydrogen-bond donors (Lipinski definition) is 3. The first-order valence-electron chi connectivity index (χ1n) is 6.52. The normalized spacial score (nSPS) is 10.2. The summed E-state index contributed by atoms with van der Waals surface area (Å²) in [6.07, 6.45) is 0.825. The van der Waals surface area contributed by atoms with Crippen LogP contribution in [0.25, 0.3) is 0 Å². The van der Waals surface area contributed by atoms with Crippen LogP contribution in [0.15, 0.2) is 0 Å². The maximum atomic E-state index is 11.9. The number of likely N-dealkylation sites (N-methyl/N-ethyl adjacent to an activating group) is 1. The third kappa shape index (κ3) is 9.15. The maximum Gasteiger partial charge on any atom is 0.322 e. The summed E-state index contributed by atoms with van der Waals surface area (Å²) in [5.41, 5.74) is 0. The number of carboxylic acid groups (broad SMARTS) is 1. The molecule has 0 rings (SSSR count). The van der Waals surface area contributed by atoms with Crippen molar-refractivity contribution in [2.75, 3.05) is 46.8 Å². The van der Waals surface area contributed by atoms with Crippen molar-refractivity contribution in [1.29, 1.82) is 0 Å². The van der Waals surface area contributed by atoms with E-state index in [0.717, 1.165) is 13.0 Å². The third-order valence-corrected chi connectivity index (χ3v) is 2.43. The van der Waals surface area contributed by atoms with Crippen LogP contribution < -0.4 is 10.6 Å². The van der Waals surface area contributed by atoms with E-state index in [9.17, 15) is 14.4 Å². The van der Waals surface area contributed by atoms with E-state index in [-0.39, 0.29) is 12.6 Å². The molecule has 0 aromatic rings. The van der Waals surface area contributed by atoms with Crippen molar-refractivity contribution in [2.24, 2.45) is 0 Å².